The van der Waals surface area contributed by atoms with Gasteiger partial charge in [0.05, 0.1) is 12.0 Å². The molecule has 7 heteroatoms. The molecule has 156 valence electrons. The number of hydrogen-bond donors (Lipinski definition) is 0. The highest BCUT2D eigenvalue weighted by molar-refractivity contribution is 7.89. The lowest BCUT2D eigenvalue weighted by atomic mass is 9.95. The number of rotatable bonds is 6. The third-order valence-corrected chi connectivity index (χ3v) is 7.94. The Morgan fingerprint density at radius 3 is 2.14 bits per heavy atom. The van der Waals surface area contributed by atoms with Gasteiger partial charge in [0.1, 0.15) is 5.75 Å². The summed E-state index contributed by atoms with van der Waals surface area (Å²) in [7, 11) is -1.98. The molecule has 28 heavy (non-hydrogen) atoms. The Bertz CT molecular complexity index is 762. The van der Waals surface area contributed by atoms with E-state index in [0.29, 0.717) is 37.7 Å². The Hall–Kier alpha value is -1.60. The molecule has 6 nitrogen and oxygen atoms in total. The molecule has 2 fully saturated rings. The van der Waals surface area contributed by atoms with Gasteiger partial charge in [-0.3, -0.25) is 4.79 Å². The quantitative estimate of drug-likeness (QED) is 0.724. The van der Waals surface area contributed by atoms with E-state index in [1.165, 1.54) is 17.1 Å². The lowest BCUT2D eigenvalue weighted by Gasteiger charge is -2.38. The van der Waals surface area contributed by atoms with E-state index < -0.39 is 10.0 Å². The van der Waals surface area contributed by atoms with Crippen molar-refractivity contribution >= 4 is 15.9 Å². The Morgan fingerprint density at radius 1 is 1.07 bits per heavy atom. The molecular formula is C21H32N2O4S. The second-order valence-electron chi connectivity index (χ2n) is 8.13. The number of sulfonamides is 1. The maximum absolute atomic E-state index is 13.2. The lowest BCUT2D eigenvalue weighted by molar-refractivity contribution is -0.141. The number of amides is 1. The minimum atomic E-state index is -3.54. The minimum absolute atomic E-state index is 0.0784. The first-order chi connectivity index (χ1) is 13.3. The van der Waals surface area contributed by atoms with Crippen LogP contribution >= 0.6 is 0 Å². The van der Waals surface area contributed by atoms with Gasteiger partial charge in [0, 0.05) is 31.1 Å². The fourth-order valence-electron chi connectivity index (χ4n) is 4.49. The highest BCUT2D eigenvalue weighted by Crippen LogP contribution is 2.30. The van der Waals surface area contributed by atoms with Crippen molar-refractivity contribution in [1.82, 2.24) is 9.21 Å². The molecule has 2 aliphatic rings. The van der Waals surface area contributed by atoms with Gasteiger partial charge in [-0.2, -0.15) is 4.31 Å². The van der Waals surface area contributed by atoms with Crippen molar-refractivity contribution in [2.75, 3.05) is 20.2 Å². The van der Waals surface area contributed by atoms with E-state index in [1.807, 2.05) is 0 Å². The molecule has 1 aliphatic heterocycles. The minimum Gasteiger partial charge on any atom is -0.497 e. The van der Waals surface area contributed by atoms with Crippen LogP contribution in [0.4, 0.5) is 0 Å². The van der Waals surface area contributed by atoms with Crippen LogP contribution in [0.15, 0.2) is 29.2 Å². The highest BCUT2D eigenvalue weighted by atomic mass is 32.2. The topological polar surface area (TPSA) is 66.9 Å². The second-order valence-corrected chi connectivity index (χ2v) is 10.1. The van der Waals surface area contributed by atoms with E-state index >= 15 is 0 Å². The second kappa shape index (κ2) is 8.82. The van der Waals surface area contributed by atoms with Gasteiger partial charge in [-0.1, -0.05) is 12.8 Å². The molecule has 1 aromatic rings. The van der Waals surface area contributed by atoms with Crippen molar-refractivity contribution in [2.45, 2.75) is 69.4 Å². The summed E-state index contributed by atoms with van der Waals surface area (Å²) in [6.45, 7) is 4.95. The Kier molecular flexibility index (Phi) is 6.65. The lowest BCUT2D eigenvalue weighted by Crippen LogP contribution is -2.49. The standard InChI is InChI=1S/C21H32N2O4S/c1-16(2)23(18-6-4-5-7-18)21(24)17-12-14-22(15-13-17)28(25,26)20-10-8-19(27-3)9-11-20/h8-11,16-18H,4-7,12-15H2,1-3H3. The van der Waals surface area contributed by atoms with Gasteiger partial charge >= 0.3 is 0 Å². The number of piperidine rings is 1. The summed E-state index contributed by atoms with van der Waals surface area (Å²) in [5.74, 6) is 0.762. The van der Waals surface area contributed by atoms with Crippen molar-refractivity contribution in [3.63, 3.8) is 0 Å². The van der Waals surface area contributed by atoms with Gasteiger partial charge in [0.2, 0.25) is 15.9 Å². The summed E-state index contributed by atoms with van der Waals surface area (Å²) < 4.78 is 32.4. The van der Waals surface area contributed by atoms with E-state index in [2.05, 4.69) is 18.7 Å². The zero-order valence-corrected chi connectivity index (χ0v) is 18.0. The summed E-state index contributed by atoms with van der Waals surface area (Å²) in [5.41, 5.74) is 0. The number of carbonyl (C=O) groups is 1. The van der Waals surface area contributed by atoms with Crippen LogP contribution in [0.3, 0.4) is 0 Å². The predicted octanol–water partition coefficient (Wildman–Crippen LogP) is 3.28. The van der Waals surface area contributed by atoms with Crippen molar-refractivity contribution in [3.8, 4) is 5.75 Å². The summed E-state index contributed by atoms with van der Waals surface area (Å²) in [6.07, 6.45) is 5.75. The van der Waals surface area contributed by atoms with Crippen molar-refractivity contribution < 1.29 is 17.9 Å². The largest absolute Gasteiger partial charge is 0.497 e. The molecule has 0 aromatic heterocycles. The predicted molar refractivity (Wildman–Crippen MR) is 109 cm³/mol. The molecule has 1 saturated carbocycles. The van der Waals surface area contributed by atoms with Gasteiger partial charge in [0.25, 0.3) is 0 Å². The van der Waals surface area contributed by atoms with E-state index in [1.54, 1.807) is 31.4 Å². The Balaban J connectivity index is 1.65. The molecule has 3 rings (SSSR count). The zero-order valence-electron chi connectivity index (χ0n) is 17.1. The molecule has 0 N–H and O–H groups in total. The van der Waals surface area contributed by atoms with E-state index in [-0.39, 0.29) is 22.8 Å². The van der Waals surface area contributed by atoms with Gasteiger partial charge in [0.15, 0.2) is 0 Å². The zero-order chi connectivity index (χ0) is 20.3. The van der Waals surface area contributed by atoms with Crippen LogP contribution in [0.25, 0.3) is 0 Å². The summed E-state index contributed by atoms with van der Waals surface area (Å²) in [6, 6.07) is 7.01. The van der Waals surface area contributed by atoms with Crippen molar-refractivity contribution in [2.24, 2.45) is 5.92 Å². The van der Waals surface area contributed by atoms with Gasteiger partial charge < -0.3 is 9.64 Å². The van der Waals surface area contributed by atoms with Crippen LogP contribution < -0.4 is 4.74 Å². The number of benzene rings is 1. The highest BCUT2D eigenvalue weighted by Gasteiger charge is 2.37. The number of nitrogens with zero attached hydrogens (tertiary/aromatic N) is 2. The first kappa shape index (κ1) is 21.1. The van der Waals surface area contributed by atoms with Gasteiger partial charge in [-0.25, -0.2) is 8.42 Å². The first-order valence-electron chi connectivity index (χ1n) is 10.3. The van der Waals surface area contributed by atoms with E-state index in [9.17, 15) is 13.2 Å². The average molecular weight is 409 g/mol. The van der Waals surface area contributed by atoms with E-state index in [0.717, 1.165) is 12.8 Å². The molecule has 0 spiro atoms. The smallest absolute Gasteiger partial charge is 0.243 e. The maximum atomic E-state index is 13.2. The fraction of sp³-hybridized carbons (Fsp3) is 0.667. The fourth-order valence-corrected chi connectivity index (χ4v) is 5.96. The average Bonchev–Trinajstić information content (AvgIpc) is 3.22. The third kappa shape index (κ3) is 4.35. The molecule has 1 saturated heterocycles. The molecule has 1 aromatic carbocycles. The normalized spacial score (nSPS) is 19.9. The first-order valence-corrected chi connectivity index (χ1v) is 11.7. The molecule has 0 unspecified atom stereocenters. The SMILES string of the molecule is COc1ccc(S(=O)(=O)N2CCC(C(=O)N(C(C)C)C3CCCC3)CC2)cc1. The maximum Gasteiger partial charge on any atom is 0.243 e. The molecular weight excluding hydrogens is 376 g/mol. The number of methoxy groups -OCH3 is 1. The summed E-state index contributed by atoms with van der Waals surface area (Å²) >= 11 is 0. The van der Waals surface area contributed by atoms with Gasteiger partial charge in [-0.15, -0.1) is 0 Å². The van der Waals surface area contributed by atoms with Crippen LogP contribution in [-0.4, -0.2) is 55.8 Å². The molecule has 1 amide bonds. The van der Waals surface area contributed by atoms with Crippen LogP contribution in [0.1, 0.15) is 52.4 Å². The number of hydrogen-bond acceptors (Lipinski definition) is 4. The summed E-state index contributed by atoms with van der Waals surface area (Å²) in [5, 5.41) is 0. The summed E-state index contributed by atoms with van der Waals surface area (Å²) in [4.78, 5) is 15.5. The Labute approximate surface area is 168 Å². The van der Waals surface area contributed by atoms with Crippen LogP contribution in [-0.2, 0) is 14.8 Å². The number of carbonyl (C=O) groups excluding carboxylic acids is 1. The van der Waals surface area contributed by atoms with E-state index in [4.69, 9.17) is 4.74 Å². The molecule has 0 radical (unpaired) electrons. The number of ether oxygens (including phenoxy) is 1. The van der Waals surface area contributed by atoms with Gasteiger partial charge in [-0.05, 0) is 63.8 Å². The third-order valence-electron chi connectivity index (χ3n) is 6.03. The molecule has 0 atom stereocenters. The molecule has 1 heterocycles. The molecule has 1 aliphatic carbocycles. The van der Waals surface area contributed by atoms with Crippen molar-refractivity contribution in [3.05, 3.63) is 24.3 Å². The van der Waals surface area contributed by atoms with Crippen LogP contribution in [0.5, 0.6) is 5.75 Å². The van der Waals surface area contributed by atoms with Crippen molar-refractivity contribution in [1.29, 1.82) is 0 Å². The molecule has 0 bridgehead atoms. The van der Waals surface area contributed by atoms with Crippen LogP contribution in [0.2, 0.25) is 0 Å². The van der Waals surface area contributed by atoms with Crippen LogP contribution in [0, 0.1) is 5.92 Å². The Morgan fingerprint density at radius 2 is 1.64 bits per heavy atom. The monoisotopic (exact) mass is 408 g/mol.